The fourth-order valence-corrected chi connectivity index (χ4v) is 2.27. The van der Waals surface area contributed by atoms with Crippen molar-refractivity contribution in [3.63, 3.8) is 0 Å². The number of thiophene rings is 1. The van der Waals surface area contributed by atoms with E-state index in [-0.39, 0.29) is 0 Å². The third-order valence-electron chi connectivity index (χ3n) is 2.28. The van der Waals surface area contributed by atoms with Crippen LogP contribution in [0.15, 0.2) is 29.7 Å². The zero-order valence-electron chi connectivity index (χ0n) is 9.62. The Morgan fingerprint density at radius 3 is 2.93 bits per heavy atom. The number of hydrogen-bond donors (Lipinski definition) is 1. The van der Waals surface area contributed by atoms with Crippen LogP contribution in [0.4, 0.5) is 0 Å². The molecule has 0 amide bonds. The maximum absolute atomic E-state index is 4.06. The Bertz CT molecular complexity index is 280. The largest absolute Gasteiger partial charge is 0.316 e. The molecular weight excluding hydrogens is 204 g/mol. The summed E-state index contributed by atoms with van der Waals surface area (Å²) in [5.41, 5.74) is 1.25. The Labute approximate surface area is 96.6 Å². The van der Waals surface area contributed by atoms with Crippen molar-refractivity contribution in [1.29, 1.82) is 0 Å². The van der Waals surface area contributed by atoms with Gasteiger partial charge in [0.1, 0.15) is 0 Å². The molecule has 0 aliphatic carbocycles. The van der Waals surface area contributed by atoms with Crippen LogP contribution in [0.5, 0.6) is 0 Å². The van der Waals surface area contributed by atoms with E-state index in [1.54, 1.807) is 0 Å². The van der Waals surface area contributed by atoms with Crippen molar-refractivity contribution < 1.29 is 0 Å². The molecule has 0 aliphatic heterocycles. The van der Waals surface area contributed by atoms with Crippen molar-refractivity contribution in [2.24, 2.45) is 0 Å². The number of likely N-dealkylation sites (N-methyl/N-ethyl adjacent to an activating group) is 2. The van der Waals surface area contributed by atoms with E-state index in [4.69, 9.17) is 0 Å². The van der Waals surface area contributed by atoms with Gasteiger partial charge in [-0.25, -0.2) is 0 Å². The highest BCUT2D eigenvalue weighted by atomic mass is 32.1. The second kappa shape index (κ2) is 6.77. The molecule has 0 unspecified atom stereocenters. The monoisotopic (exact) mass is 224 g/mol. The molecule has 1 heterocycles. The molecule has 15 heavy (non-hydrogen) atoms. The lowest BCUT2D eigenvalue weighted by molar-refractivity contribution is 0.305. The molecular formula is C12H20N2S. The Hall–Kier alpha value is -0.640. The number of nitrogens with one attached hydrogen (secondary N) is 1. The van der Waals surface area contributed by atoms with Crippen LogP contribution in [0.3, 0.4) is 0 Å². The van der Waals surface area contributed by atoms with E-state index in [0.29, 0.717) is 0 Å². The maximum atomic E-state index is 4.06. The van der Waals surface area contributed by atoms with Gasteiger partial charge < -0.3 is 5.32 Å². The van der Waals surface area contributed by atoms with Crippen molar-refractivity contribution >= 4 is 11.3 Å². The van der Waals surface area contributed by atoms with Gasteiger partial charge >= 0.3 is 0 Å². The molecule has 1 N–H and O–H groups in total. The SMILES string of the molecule is C=C(CNC)CN(CC)Cc1cccs1. The Morgan fingerprint density at radius 1 is 1.60 bits per heavy atom. The molecule has 1 aromatic heterocycles. The van der Waals surface area contributed by atoms with Crippen LogP contribution in [0, 0.1) is 0 Å². The van der Waals surface area contributed by atoms with Gasteiger partial charge in [0.25, 0.3) is 0 Å². The zero-order chi connectivity index (χ0) is 11.1. The summed E-state index contributed by atoms with van der Waals surface area (Å²) in [6.07, 6.45) is 0. The summed E-state index contributed by atoms with van der Waals surface area (Å²) >= 11 is 1.82. The molecule has 0 saturated carbocycles. The van der Waals surface area contributed by atoms with Crippen molar-refractivity contribution in [2.45, 2.75) is 13.5 Å². The van der Waals surface area contributed by atoms with E-state index in [0.717, 1.165) is 26.2 Å². The average Bonchev–Trinajstić information content (AvgIpc) is 2.70. The van der Waals surface area contributed by atoms with Gasteiger partial charge in [0.2, 0.25) is 0 Å². The summed E-state index contributed by atoms with van der Waals surface area (Å²) in [4.78, 5) is 3.83. The first-order valence-corrected chi connectivity index (χ1v) is 6.20. The second-order valence-electron chi connectivity index (χ2n) is 3.66. The minimum Gasteiger partial charge on any atom is -0.316 e. The van der Waals surface area contributed by atoms with Gasteiger partial charge in [0.15, 0.2) is 0 Å². The smallest absolute Gasteiger partial charge is 0.0331 e. The lowest BCUT2D eigenvalue weighted by Crippen LogP contribution is -2.27. The molecule has 0 spiro atoms. The Morgan fingerprint density at radius 2 is 2.40 bits per heavy atom. The highest BCUT2D eigenvalue weighted by Crippen LogP contribution is 2.12. The molecule has 1 aromatic rings. The predicted molar refractivity (Wildman–Crippen MR) is 68.3 cm³/mol. The highest BCUT2D eigenvalue weighted by molar-refractivity contribution is 7.09. The van der Waals surface area contributed by atoms with Gasteiger partial charge in [-0.05, 0) is 30.6 Å². The maximum Gasteiger partial charge on any atom is 0.0331 e. The second-order valence-corrected chi connectivity index (χ2v) is 4.70. The summed E-state index contributed by atoms with van der Waals surface area (Å²) < 4.78 is 0. The van der Waals surface area contributed by atoms with Gasteiger partial charge in [-0.2, -0.15) is 0 Å². The van der Waals surface area contributed by atoms with E-state index in [9.17, 15) is 0 Å². The summed E-state index contributed by atoms with van der Waals surface area (Å²) in [7, 11) is 1.96. The van der Waals surface area contributed by atoms with Gasteiger partial charge in [0.05, 0.1) is 0 Å². The van der Waals surface area contributed by atoms with Crippen LogP contribution in [-0.4, -0.2) is 31.6 Å². The first-order valence-electron chi connectivity index (χ1n) is 5.32. The van der Waals surface area contributed by atoms with E-state index < -0.39 is 0 Å². The number of rotatable bonds is 7. The minimum absolute atomic E-state index is 0.904. The predicted octanol–water partition coefficient (Wildman–Crippen LogP) is 2.35. The molecule has 3 heteroatoms. The van der Waals surface area contributed by atoms with Crippen LogP contribution in [0.25, 0.3) is 0 Å². The van der Waals surface area contributed by atoms with Crippen molar-refractivity contribution in [3.05, 3.63) is 34.5 Å². The molecule has 0 bridgehead atoms. The molecule has 0 fully saturated rings. The zero-order valence-corrected chi connectivity index (χ0v) is 10.4. The standard InChI is InChI=1S/C12H20N2S/c1-4-14(9-11(2)8-13-3)10-12-6-5-7-15-12/h5-7,13H,2,4,8-10H2,1,3H3. The van der Waals surface area contributed by atoms with Crippen LogP contribution in [0.1, 0.15) is 11.8 Å². The van der Waals surface area contributed by atoms with E-state index >= 15 is 0 Å². The van der Waals surface area contributed by atoms with E-state index in [2.05, 4.69) is 41.2 Å². The molecule has 0 aromatic carbocycles. The molecule has 2 nitrogen and oxygen atoms in total. The van der Waals surface area contributed by atoms with Crippen LogP contribution in [0.2, 0.25) is 0 Å². The summed E-state index contributed by atoms with van der Waals surface area (Å²) in [6, 6.07) is 4.30. The van der Waals surface area contributed by atoms with Crippen molar-refractivity contribution in [3.8, 4) is 0 Å². The van der Waals surface area contributed by atoms with Crippen LogP contribution >= 0.6 is 11.3 Å². The lowest BCUT2D eigenvalue weighted by atomic mass is 10.2. The third-order valence-corrected chi connectivity index (χ3v) is 3.14. The highest BCUT2D eigenvalue weighted by Gasteiger charge is 2.05. The number of hydrogen-bond acceptors (Lipinski definition) is 3. The molecule has 0 radical (unpaired) electrons. The molecule has 1 rings (SSSR count). The Balaban J connectivity index is 2.39. The molecule has 0 aliphatic rings. The fourth-order valence-electron chi connectivity index (χ4n) is 1.52. The van der Waals surface area contributed by atoms with Gasteiger partial charge in [-0.15, -0.1) is 11.3 Å². The van der Waals surface area contributed by atoms with Gasteiger partial charge in [0, 0.05) is 24.5 Å². The fraction of sp³-hybridized carbons (Fsp3) is 0.500. The summed E-state index contributed by atoms with van der Waals surface area (Å²) in [5, 5.41) is 5.26. The van der Waals surface area contributed by atoms with E-state index in [1.165, 1.54) is 10.5 Å². The first-order chi connectivity index (χ1) is 7.26. The van der Waals surface area contributed by atoms with Gasteiger partial charge in [-0.3, -0.25) is 4.90 Å². The molecule has 0 saturated heterocycles. The van der Waals surface area contributed by atoms with Gasteiger partial charge in [-0.1, -0.05) is 19.6 Å². The molecule has 84 valence electrons. The summed E-state index contributed by atoms with van der Waals surface area (Å²) in [6.45, 7) is 10.2. The summed E-state index contributed by atoms with van der Waals surface area (Å²) in [5.74, 6) is 0. The minimum atomic E-state index is 0.904. The first kappa shape index (κ1) is 12.4. The van der Waals surface area contributed by atoms with Crippen molar-refractivity contribution in [1.82, 2.24) is 10.2 Å². The lowest BCUT2D eigenvalue weighted by Gasteiger charge is -2.20. The number of nitrogens with zero attached hydrogens (tertiary/aromatic N) is 1. The van der Waals surface area contributed by atoms with Crippen molar-refractivity contribution in [2.75, 3.05) is 26.7 Å². The normalized spacial score (nSPS) is 10.9. The Kier molecular flexibility index (Phi) is 5.61. The van der Waals surface area contributed by atoms with Crippen LogP contribution in [-0.2, 0) is 6.54 Å². The third kappa shape index (κ3) is 4.60. The average molecular weight is 224 g/mol. The topological polar surface area (TPSA) is 15.3 Å². The quantitative estimate of drug-likeness (QED) is 0.715. The molecule has 0 atom stereocenters. The van der Waals surface area contributed by atoms with Crippen LogP contribution < -0.4 is 5.32 Å². The van der Waals surface area contributed by atoms with E-state index in [1.807, 2.05) is 18.4 Å².